The molecule has 4 nitrogen and oxygen atoms in total. The minimum absolute atomic E-state index is 0.00590. The van der Waals surface area contributed by atoms with Gasteiger partial charge in [-0.05, 0) is 38.1 Å². The van der Waals surface area contributed by atoms with E-state index >= 15 is 0 Å². The van der Waals surface area contributed by atoms with Crippen LogP contribution in [-0.4, -0.2) is 35.5 Å². The van der Waals surface area contributed by atoms with Crippen LogP contribution in [0.2, 0.25) is 0 Å². The molecule has 0 unspecified atom stereocenters. The van der Waals surface area contributed by atoms with E-state index in [9.17, 15) is 9.90 Å². The van der Waals surface area contributed by atoms with E-state index < -0.39 is 0 Å². The van der Waals surface area contributed by atoms with Crippen LogP contribution in [0, 0.1) is 18.3 Å². The number of terminal acetylenes is 1. The number of benzene rings is 1. The van der Waals surface area contributed by atoms with E-state index in [4.69, 9.17) is 6.42 Å². The molecule has 1 heterocycles. The molecule has 100 valence electrons. The second kappa shape index (κ2) is 6.26. The Labute approximate surface area is 113 Å². The number of carbonyl (C=O) groups excluding carboxylic acids is 1. The molecule has 19 heavy (non-hydrogen) atoms. The van der Waals surface area contributed by atoms with Gasteiger partial charge in [-0.2, -0.15) is 0 Å². The van der Waals surface area contributed by atoms with Gasteiger partial charge in [0.25, 0.3) is 0 Å². The third kappa shape index (κ3) is 3.49. The number of phenolic OH excluding ortho intramolecular Hbond substituents is 1. The topological polar surface area (TPSA) is 52.6 Å². The van der Waals surface area contributed by atoms with Crippen LogP contribution in [0.3, 0.4) is 0 Å². The summed E-state index contributed by atoms with van der Waals surface area (Å²) >= 11 is 0. The molecule has 1 aromatic rings. The fraction of sp³-hybridized carbons (Fsp3) is 0.400. The zero-order valence-corrected chi connectivity index (χ0v) is 10.8. The van der Waals surface area contributed by atoms with Crippen LogP contribution < -0.4 is 5.32 Å². The predicted octanol–water partition coefficient (Wildman–Crippen LogP) is 1.68. The van der Waals surface area contributed by atoms with Crippen molar-refractivity contribution in [3.05, 3.63) is 24.3 Å². The Morgan fingerprint density at radius 3 is 2.74 bits per heavy atom. The summed E-state index contributed by atoms with van der Waals surface area (Å²) < 4.78 is 0. The molecular formula is C15H18N2O2. The van der Waals surface area contributed by atoms with Crippen LogP contribution in [0.1, 0.15) is 12.8 Å². The molecule has 0 aliphatic carbocycles. The number of hydrogen-bond donors (Lipinski definition) is 2. The standard InChI is InChI=1S/C15H18N2O2/c1-2-9-17-10-7-12(8-11-17)15(19)16-13-5-3-4-6-14(13)18/h1,3-6,12,18H,7-11H2,(H,16,19). The molecular weight excluding hydrogens is 240 g/mol. The number of aromatic hydroxyl groups is 1. The first-order chi connectivity index (χ1) is 9.20. The van der Waals surface area contributed by atoms with E-state index in [1.165, 1.54) is 0 Å². The summed E-state index contributed by atoms with van der Waals surface area (Å²) in [7, 11) is 0. The number of anilines is 1. The fourth-order valence-electron chi connectivity index (χ4n) is 2.30. The van der Waals surface area contributed by atoms with E-state index in [0.29, 0.717) is 12.2 Å². The van der Waals surface area contributed by atoms with Gasteiger partial charge in [0, 0.05) is 5.92 Å². The van der Waals surface area contributed by atoms with Crippen molar-refractivity contribution < 1.29 is 9.90 Å². The van der Waals surface area contributed by atoms with Crippen molar-refractivity contribution in [3.63, 3.8) is 0 Å². The minimum atomic E-state index is -0.0261. The molecule has 0 radical (unpaired) electrons. The summed E-state index contributed by atoms with van der Waals surface area (Å²) in [5.41, 5.74) is 0.471. The summed E-state index contributed by atoms with van der Waals surface area (Å²) in [6, 6.07) is 6.76. The van der Waals surface area contributed by atoms with Crippen LogP contribution in [0.4, 0.5) is 5.69 Å². The molecule has 0 atom stereocenters. The van der Waals surface area contributed by atoms with Crippen LogP contribution >= 0.6 is 0 Å². The molecule has 1 fully saturated rings. The lowest BCUT2D eigenvalue weighted by molar-refractivity contribution is -0.121. The highest BCUT2D eigenvalue weighted by molar-refractivity contribution is 5.93. The smallest absolute Gasteiger partial charge is 0.227 e. The molecule has 0 bridgehead atoms. The number of carbonyl (C=O) groups is 1. The number of amides is 1. The molecule has 1 aliphatic rings. The molecule has 1 saturated heterocycles. The number of rotatable bonds is 3. The summed E-state index contributed by atoms with van der Waals surface area (Å²) in [5, 5.41) is 12.4. The summed E-state index contributed by atoms with van der Waals surface area (Å²) in [6.07, 6.45) is 6.89. The van der Waals surface area contributed by atoms with E-state index in [1.807, 2.05) is 0 Å². The SMILES string of the molecule is C#CCN1CCC(C(=O)Nc2ccccc2O)CC1. The highest BCUT2D eigenvalue weighted by Crippen LogP contribution is 2.24. The molecule has 1 aromatic carbocycles. The average molecular weight is 258 g/mol. The lowest BCUT2D eigenvalue weighted by Gasteiger charge is -2.29. The van der Waals surface area contributed by atoms with E-state index in [0.717, 1.165) is 25.9 Å². The fourth-order valence-corrected chi connectivity index (χ4v) is 2.30. The number of hydrogen-bond acceptors (Lipinski definition) is 3. The summed E-state index contributed by atoms with van der Waals surface area (Å²) in [5.74, 6) is 2.69. The van der Waals surface area contributed by atoms with Gasteiger partial charge in [-0.3, -0.25) is 9.69 Å². The highest BCUT2D eigenvalue weighted by Gasteiger charge is 2.24. The monoisotopic (exact) mass is 258 g/mol. The Balaban J connectivity index is 1.89. The van der Waals surface area contributed by atoms with Crippen LogP contribution in [0.25, 0.3) is 0 Å². The van der Waals surface area contributed by atoms with Gasteiger partial charge < -0.3 is 10.4 Å². The Morgan fingerprint density at radius 2 is 2.11 bits per heavy atom. The Morgan fingerprint density at radius 1 is 1.42 bits per heavy atom. The van der Waals surface area contributed by atoms with Gasteiger partial charge in [0.2, 0.25) is 5.91 Å². The maximum absolute atomic E-state index is 12.1. The number of nitrogens with one attached hydrogen (secondary N) is 1. The van der Waals surface area contributed by atoms with Crippen molar-refractivity contribution >= 4 is 11.6 Å². The molecule has 1 aliphatic heterocycles. The molecule has 2 N–H and O–H groups in total. The second-order valence-corrected chi connectivity index (χ2v) is 4.76. The Bertz CT molecular complexity index is 485. The van der Waals surface area contributed by atoms with Crippen molar-refractivity contribution in [2.24, 2.45) is 5.92 Å². The van der Waals surface area contributed by atoms with Crippen LogP contribution in [0.5, 0.6) is 5.75 Å². The van der Waals surface area contributed by atoms with Crippen molar-refractivity contribution in [1.29, 1.82) is 0 Å². The number of para-hydroxylation sites is 2. The largest absolute Gasteiger partial charge is 0.506 e. The normalized spacial score (nSPS) is 16.8. The first kappa shape index (κ1) is 13.4. The van der Waals surface area contributed by atoms with E-state index in [-0.39, 0.29) is 17.6 Å². The highest BCUT2D eigenvalue weighted by atomic mass is 16.3. The van der Waals surface area contributed by atoms with Gasteiger partial charge >= 0.3 is 0 Å². The second-order valence-electron chi connectivity index (χ2n) is 4.76. The quantitative estimate of drug-likeness (QED) is 0.640. The van der Waals surface area contributed by atoms with Crippen molar-refractivity contribution in [2.45, 2.75) is 12.8 Å². The first-order valence-corrected chi connectivity index (χ1v) is 6.45. The van der Waals surface area contributed by atoms with Gasteiger partial charge in [-0.1, -0.05) is 18.1 Å². The van der Waals surface area contributed by atoms with E-state index in [1.54, 1.807) is 24.3 Å². The molecule has 0 saturated carbocycles. The van der Waals surface area contributed by atoms with Crippen molar-refractivity contribution in [1.82, 2.24) is 4.90 Å². The molecule has 0 spiro atoms. The van der Waals surface area contributed by atoms with Crippen LogP contribution in [0.15, 0.2) is 24.3 Å². The summed E-state index contributed by atoms with van der Waals surface area (Å²) in [6.45, 7) is 2.35. The first-order valence-electron chi connectivity index (χ1n) is 6.45. The molecule has 4 heteroatoms. The Hall–Kier alpha value is -1.99. The molecule has 0 aromatic heterocycles. The van der Waals surface area contributed by atoms with Gasteiger partial charge in [0.1, 0.15) is 5.75 Å². The van der Waals surface area contributed by atoms with Gasteiger partial charge in [0.15, 0.2) is 0 Å². The number of piperidine rings is 1. The van der Waals surface area contributed by atoms with Gasteiger partial charge in [-0.25, -0.2) is 0 Å². The van der Waals surface area contributed by atoms with Crippen LogP contribution in [-0.2, 0) is 4.79 Å². The minimum Gasteiger partial charge on any atom is -0.506 e. The third-order valence-corrected chi connectivity index (χ3v) is 3.44. The van der Waals surface area contributed by atoms with Crippen molar-refractivity contribution in [3.8, 4) is 18.1 Å². The zero-order valence-electron chi connectivity index (χ0n) is 10.8. The number of likely N-dealkylation sites (tertiary alicyclic amines) is 1. The number of phenols is 1. The van der Waals surface area contributed by atoms with Crippen molar-refractivity contribution in [2.75, 3.05) is 25.0 Å². The third-order valence-electron chi connectivity index (χ3n) is 3.44. The maximum Gasteiger partial charge on any atom is 0.227 e. The predicted molar refractivity (Wildman–Crippen MR) is 74.7 cm³/mol. The lowest BCUT2D eigenvalue weighted by Crippen LogP contribution is -2.38. The zero-order chi connectivity index (χ0) is 13.7. The summed E-state index contributed by atoms with van der Waals surface area (Å²) in [4.78, 5) is 14.3. The lowest BCUT2D eigenvalue weighted by atomic mass is 9.96. The van der Waals surface area contributed by atoms with Gasteiger partial charge in [0.05, 0.1) is 12.2 Å². The average Bonchev–Trinajstić information content (AvgIpc) is 2.42. The maximum atomic E-state index is 12.1. The molecule has 1 amide bonds. The van der Waals surface area contributed by atoms with E-state index in [2.05, 4.69) is 16.1 Å². The van der Waals surface area contributed by atoms with Gasteiger partial charge in [-0.15, -0.1) is 6.42 Å². The molecule has 2 rings (SSSR count). The number of nitrogens with zero attached hydrogens (tertiary/aromatic N) is 1. The Kier molecular flexibility index (Phi) is 4.43.